The van der Waals surface area contributed by atoms with E-state index in [1.807, 2.05) is 0 Å². The Morgan fingerprint density at radius 3 is 2.46 bits per heavy atom. The summed E-state index contributed by atoms with van der Waals surface area (Å²) < 4.78 is 40.8. The number of amides is 1. The van der Waals surface area contributed by atoms with E-state index in [0.29, 0.717) is 11.3 Å². The van der Waals surface area contributed by atoms with Gasteiger partial charge in [0.25, 0.3) is 0 Å². The van der Waals surface area contributed by atoms with Gasteiger partial charge < -0.3 is 25.4 Å². The summed E-state index contributed by atoms with van der Waals surface area (Å²) >= 11 is 0. The molecule has 3 aromatic rings. The van der Waals surface area contributed by atoms with Crippen molar-refractivity contribution < 1.29 is 28.2 Å². The van der Waals surface area contributed by atoms with Gasteiger partial charge in [0.15, 0.2) is 17.0 Å². The molecular formula is C25H27F3N6O3. The van der Waals surface area contributed by atoms with E-state index >= 15 is 0 Å². The molecule has 4 rings (SSSR count). The quantitative estimate of drug-likeness (QED) is 0.393. The number of alkyl halides is 3. The fourth-order valence-corrected chi connectivity index (χ4v) is 5.10. The number of aromatic nitrogens is 4. The lowest BCUT2D eigenvalue weighted by atomic mass is 9.74. The van der Waals surface area contributed by atoms with Gasteiger partial charge in [0.05, 0.1) is 28.9 Å². The molecule has 4 N–H and O–H groups in total. The van der Waals surface area contributed by atoms with E-state index in [1.54, 1.807) is 32.4 Å². The molecule has 1 aliphatic carbocycles. The van der Waals surface area contributed by atoms with E-state index in [4.69, 9.17) is 0 Å². The standard InChI is InChI=1S/C25H27F3N6O3/c1-13-23(2,22(37)30-5)18(35)19(36)24(13,3)34-12-31-17-20(29-4)32-16(33-21(17)34)10-9-14-7-6-8-15(11-14)25(26,27)28/h6-8,11-13,18-19,35-36H,1-5H3,(H,30,37)(H,29,32,33)/t13-,18-,19+,23?,24-/m0/s1. The lowest BCUT2D eigenvalue weighted by molar-refractivity contribution is -0.139. The van der Waals surface area contributed by atoms with Gasteiger partial charge in [-0.1, -0.05) is 18.9 Å². The molecule has 0 saturated heterocycles. The highest BCUT2D eigenvalue weighted by atomic mass is 19.4. The van der Waals surface area contributed by atoms with Gasteiger partial charge in [0, 0.05) is 19.7 Å². The van der Waals surface area contributed by atoms with Gasteiger partial charge in [0.1, 0.15) is 6.10 Å². The van der Waals surface area contributed by atoms with Crippen LogP contribution in [-0.2, 0) is 16.5 Å². The molecule has 0 spiro atoms. The van der Waals surface area contributed by atoms with Crippen LogP contribution in [0.2, 0.25) is 0 Å². The van der Waals surface area contributed by atoms with Crippen LogP contribution in [0, 0.1) is 23.2 Å². The number of imidazole rings is 1. The van der Waals surface area contributed by atoms with Crippen LogP contribution in [0.4, 0.5) is 19.0 Å². The summed E-state index contributed by atoms with van der Waals surface area (Å²) in [5.74, 6) is 4.70. The van der Waals surface area contributed by atoms with Crippen LogP contribution in [0.15, 0.2) is 30.6 Å². The normalized spacial score (nSPS) is 27.6. The largest absolute Gasteiger partial charge is 0.416 e. The average molecular weight is 517 g/mol. The second kappa shape index (κ2) is 9.00. The van der Waals surface area contributed by atoms with Crippen molar-refractivity contribution >= 4 is 22.9 Å². The molecule has 1 fully saturated rings. The Morgan fingerprint density at radius 2 is 1.84 bits per heavy atom. The summed E-state index contributed by atoms with van der Waals surface area (Å²) in [4.78, 5) is 26.0. The Kier molecular flexibility index (Phi) is 6.42. The van der Waals surface area contributed by atoms with Crippen molar-refractivity contribution in [3.8, 4) is 11.8 Å². The molecule has 0 aliphatic heterocycles. The first-order valence-corrected chi connectivity index (χ1v) is 11.5. The summed E-state index contributed by atoms with van der Waals surface area (Å²) in [6.07, 6.45) is -5.78. The molecule has 196 valence electrons. The van der Waals surface area contributed by atoms with E-state index in [1.165, 1.54) is 25.5 Å². The first-order chi connectivity index (χ1) is 17.3. The second-order valence-corrected chi connectivity index (χ2v) is 9.46. The summed E-state index contributed by atoms with van der Waals surface area (Å²) in [7, 11) is 3.08. The summed E-state index contributed by atoms with van der Waals surface area (Å²) in [5, 5.41) is 27.6. The molecule has 9 nitrogen and oxygen atoms in total. The van der Waals surface area contributed by atoms with E-state index in [-0.39, 0.29) is 17.0 Å². The average Bonchev–Trinajstić information content (AvgIpc) is 3.37. The number of rotatable bonds is 3. The van der Waals surface area contributed by atoms with Gasteiger partial charge in [-0.25, -0.2) is 15.0 Å². The zero-order valence-corrected chi connectivity index (χ0v) is 20.8. The van der Waals surface area contributed by atoms with Crippen LogP contribution < -0.4 is 10.6 Å². The Morgan fingerprint density at radius 1 is 1.14 bits per heavy atom. The molecule has 1 saturated carbocycles. The zero-order valence-electron chi connectivity index (χ0n) is 20.8. The van der Waals surface area contributed by atoms with Gasteiger partial charge in [-0.05, 0) is 43.9 Å². The molecule has 12 heteroatoms. The number of hydrogen-bond donors (Lipinski definition) is 4. The number of carbonyl (C=O) groups is 1. The predicted molar refractivity (Wildman–Crippen MR) is 129 cm³/mol. The summed E-state index contributed by atoms with van der Waals surface area (Å²) in [6.45, 7) is 5.06. The number of carbonyl (C=O) groups excluding carboxylic acids is 1. The first-order valence-electron chi connectivity index (χ1n) is 11.5. The SMILES string of the molecule is CNC(=O)C1(C)[C@@H](O)[C@@H](O)[C@@](C)(n2cnc3c(NC)nc(C#Cc4cccc(C(F)(F)F)c4)nc32)[C@H]1C. The molecule has 1 aliphatic rings. The number of halogens is 3. The van der Waals surface area contributed by atoms with E-state index in [0.717, 1.165) is 12.1 Å². The highest BCUT2D eigenvalue weighted by molar-refractivity contribution is 5.85. The third kappa shape index (κ3) is 3.98. The predicted octanol–water partition coefficient (Wildman–Crippen LogP) is 2.13. The molecule has 2 heterocycles. The minimum absolute atomic E-state index is 0.00867. The van der Waals surface area contributed by atoms with Crippen molar-refractivity contribution in [2.75, 3.05) is 19.4 Å². The lowest BCUT2D eigenvalue weighted by Crippen LogP contribution is -2.48. The Bertz CT molecular complexity index is 1430. The number of fused-ring (bicyclic) bond motifs is 1. The Hall–Kier alpha value is -3.69. The maximum Gasteiger partial charge on any atom is 0.416 e. The van der Waals surface area contributed by atoms with E-state index in [9.17, 15) is 28.2 Å². The minimum atomic E-state index is -4.50. The van der Waals surface area contributed by atoms with Crippen LogP contribution in [0.25, 0.3) is 11.2 Å². The number of hydrogen-bond acceptors (Lipinski definition) is 7. The van der Waals surface area contributed by atoms with Crippen LogP contribution >= 0.6 is 0 Å². The molecule has 37 heavy (non-hydrogen) atoms. The summed E-state index contributed by atoms with van der Waals surface area (Å²) in [5.41, 5.74) is -2.58. The topological polar surface area (TPSA) is 125 Å². The number of benzene rings is 1. The Balaban J connectivity index is 1.84. The third-order valence-corrected chi connectivity index (χ3v) is 7.67. The monoisotopic (exact) mass is 516 g/mol. The van der Waals surface area contributed by atoms with Gasteiger partial charge in [-0.2, -0.15) is 13.2 Å². The number of aliphatic hydroxyl groups is 2. The third-order valence-electron chi connectivity index (χ3n) is 7.67. The molecule has 0 bridgehead atoms. The van der Waals surface area contributed by atoms with Gasteiger partial charge in [0.2, 0.25) is 11.7 Å². The zero-order chi connectivity index (χ0) is 27.3. The van der Waals surface area contributed by atoms with Gasteiger partial charge >= 0.3 is 6.18 Å². The van der Waals surface area contributed by atoms with Crippen molar-refractivity contribution in [1.29, 1.82) is 0 Å². The van der Waals surface area contributed by atoms with E-state index < -0.39 is 46.7 Å². The molecule has 0 radical (unpaired) electrons. The molecule has 5 atom stereocenters. The van der Waals surface area contributed by atoms with Crippen LogP contribution in [0.1, 0.15) is 37.7 Å². The Labute approximate surface area is 211 Å². The molecule has 1 amide bonds. The van der Waals surface area contributed by atoms with E-state index in [2.05, 4.69) is 37.4 Å². The van der Waals surface area contributed by atoms with Crippen molar-refractivity contribution in [1.82, 2.24) is 24.8 Å². The maximum absolute atomic E-state index is 13.1. The fraction of sp³-hybridized carbons (Fsp3) is 0.440. The minimum Gasteiger partial charge on any atom is -0.389 e. The van der Waals surface area contributed by atoms with Gasteiger partial charge in [-0.15, -0.1) is 0 Å². The van der Waals surface area contributed by atoms with Gasteiger partial charge in [-0.3, -0.25) is 4.79 Å². The lowest BCUT2D eigenvalue weighted by Gasteiger charge is -2.37. The fourth-order valence-electron chi connectivity index (χ4n) is 5.10. The van der Waals surface area contributed by atoms with Crippen molar-refractivity contribution in [3.05, 3.63) is 47.5 Å². The maximum atomic E-state index is 13.1. The highest BCUT2D eigenvalue weighted by Crippen LogP contribution is 2.53. The molecule has 2 aromatic heterocycles. The summed E-state index contributed by atoms with van der Waals surface area (Å²) in [6, 6.07) is 4.61. The number of nitrogens with one attached hydrogen (secondary N) is 2. The van der Waals surface area contributed by atoms with Crippen LogP contribution in [0.5, 0.6) is 0 Å². The first kappa shape index (κ1) is 26.4. The molecular weight excluding hydrogens is 489 g/mol. The second-order valence-electron chi connectivity index (χ2n) is 9.46. The van der Waals surface area contributed by atoms with Crippen LogP contribution in [0.3, 0.4) is 0 Å². The molecule has 1 unspecified atom stereocenters. The molecule has 1 aromatic carbocycles. The van der Waals surface area contributed by atoms with Crippen molar-refractivity contribution in [2.45, 2.75) is 44.7 Å². The number of aliphatic hydroxyl groups excluding tert-OH is 2. The number of nitrogens with zero attached hydrogens (tertiary/aromatic N) is 4. The van der Waals surface area contributed by atoms with Crippen molar-refractivity contribution in [2.24, 2.45) is 11.3 Å². The smallest absolute Gasteiger partial charge is 0.389 e. The highest BCUT2D eigenvalue weighted by Gasteiger charge is 2.65. The van der Waals surface area contributed by atoms with Crippen LogP contribution in [-0.4, -0.2) is 61.9 Å². The van der Waals surface area contributed by atoms with Crippen molar-refractivity contribution in [3.63, 3.8) is 0 Å². The number of anilines is 1.